The third-order valence-electron chi connectivity index (χ3n) is 5.78. The maximum atomic E-state index is 13.0. The minimum Gasteiger partial charge on any atom is -0.332 e. The highest BCUT2D eigenvalue weighted by molar-refractivity contribution is 5.91. The Morgan fingerprint density at radius 3 is 2.75 bits per heavy atom. The van der Waals surface area contributed by atoms with E-state index in [1.165, 1.54) is 0 Å². The van der Waals surface area contributed by atoms with E-state index in [2.05, 4.69) is 17.2 Å². The second-order valence-electron chi connectivity index (χ2n) is 7.56. The van der Waals surface area contributed by atoms with Crippen LogP contribution in [-0.4, -0.2) is 45.9 Å². The van der Waals surface area contributed by atoms with Gasteiger partial charge in [0, 0.05) is 31.0 Å². The Labute approximate surface area is 165 Å². The number of aromatic nitrogens is 1. The number of hydrogen-bond acceptors (Lipinski definition) is 3. The number of carbonyl (C=O) groups is 2. The summed E-state index contributed by atoms with van der Waals surface area (Å²) >= 11 is 0. The van der Waals surface area contributed by atoms with Gasteiger partial charge in [-0.25, -0.2) is 4.79 Å². The van der Waals surface area contributed by atoms with Gasteiger partial charge >= 0.3 is 6.03 Å². The number of benzene rings is 1. The molecule has 0 spiro atoms. The third-order valence-corrected chi connectivity index (χ3v) is 5.78. The lowest BCUT2D eigenvalue weighted by Crippen LogP contribution is -2.47. The number of hydrogen-bond donors (Lipinski definition) is 1. The Balaban J connectivity index is 1.49. The van der Waals surface area contributed by atoms with Crippen molar-refractivity contribution < 1.29 is 9.59 Å². The zero-order valence-corrected chi connectivity index (χ0v) is 16.2. The Morgan fingerprint density at radius 1 is 1.14 bits per heavy atom. The molecule has 3 amide bonds. The molecule has 6 nitrogen and oxygen atoms in total. The summed E-state index contributed by atoms with van der Waals surface area (Å²) in [5, 5.41) is 3.05. The molecular formula is C22H26N4O2. The molecule has 2 aromatic rings. The van der Waals surface area contributed by atoms with Crippen LogP contribution in [-0.2, 0) is 17.8 Å². The summed E-state index contributed by atoms with van der Waals surface area (Å²) in [6.45, 7) is 3.63. The van der Waals surface area contributed by atoms with E-state index in [9.17, 15) is 9.59 Å². The summed E-state index contributed by atoms with van der Waals surface area (Å²) in [7, 11) is 0. The van der Waals surface area contributed by atoms with Crippen LogP contribution in [0, 0.1) is 5.92 Å². The molecule has 3 aliphatic heterocycles. The maximum absolute atomic E-state index is 13.0. The molecule has 28 heavy (non-hydrogen) atoms. The van der Waals surface area contributed by atoms with Gasteiger partial charge in [0.1, 0.15) is 0 Å². The van der Waals surface area contributed by atoms with Gasteiger partial charge in [0.05, 0.1) is 18.2 Å². The van der Waals surface area contributed by atoms with Crippen LogP contribution in [0.2, 0.25) is 0 Å². The molecular weight excluding hydrogens is 352 g/mol. The number of pyridine rings is 1. The zero-order chi connectivity index (χ0) is 19.5. The molecule has 1 aromatic carbocycles. The van der Waals surface area contributed by atoms with Crippen molar-refractivity contribution in [2.75, 3.05) is 18.4 Å². The number of amides is 3. The van der Waals surface area contributed by atoms with E-state index in [-0.39, 0.29) is 23.9 Å². The van der Waals surface area contributed by atoms with Crippen LogP contribution in [0.3, 0.4) is 0 Å². The van der Waals surface area contributed by atoms with Crippen molar-refractivity contribution in [2.45, 2.75) is 38.8 Å². The van der Waals surface area contributed by atoms with E-state index in [4.69, 9.17) is 0 Å². The molecule has 3 aliphatic rings. The average Bonchev–Trinajstić information content (AvgIpc) is 3.02. The van der Waals surface area contributed by atoms with E-state index < -0.39 is 0 Å². The summed E-state index contributed by atoms with van der Waals surface area (Å²) in [6.07, 6.45) is 4.38. The average molecular weight is 378 g/mol. The van der Waals surface area contributed by atoms with Gasteiger partial charge in [0.15, 0.2) is 0 Å². The fourth-order valence-electron chi connectivity index (χ4n) is 4.23. The predicted octanol–water partition coefficient (Wildman–Crippen LogP) is 3.30. The van der Waals surface area contributed by atoms with Crippen LogP contribution in [0.5, 0.6) is 0 Å². The number of piperidine rings is 1. The van der Waals surface area contributed by atoms with Gasteiger partial charge in [-0.05, 0) is 43.0 Å². The molecule has 1 aromatic heterocycles. The van der Waals surface area contributed by atoms with Gasteiger partial charge in [0.25, 0.3) is 0 Å². The second-order valence-corrected chi connectivity index (χ2v) is 7.56. The van der Waals surface area contributed by atoms with Gasteiger partial charge in [-0.2, -0.15) is 0 Å². The van der Waals surface area contributed by atoms with Crippen molar-refractivity contribution in [3.63, 3.8) is 0 Å². The normalized spacial score (nSPS) is 21.5. The Hall–Kier alpha value is -2.89. The Kier molecular flexibility index (Phi) is 5.28. The minimum absolute atomic E-state index is 0.0421. The van der Waals surface area contributed by atoms with Crippen LogP contribution in [0.25, 0.3) is 0 Å². The number of aryl methyl sites for hydroxylation is 1. The smallest absolute Gasteiger partial charge is 0.321 e. The highest BCUT2D eigenvalue weighted by Crippen LogP contribution is 2.30. The van der Waals surface area contributed by atoms with Crippen LogP contribution >= 0.6 is 0 Å². The molecule has 5 rings (SSSR count). The quantitative estimate of drug-likeness (QED) is 0.888. The molecule has 0 saturated carbocycles. The molecule has 2 bridgehead atoms. The van der Waals surface area contributed by atoms with Gasteiger partial charge in [-0.1, -0.05) is 31.2 Å². The monoisotopic (exact) mass is 378 g/mol. The molecule has 0 aliphatic carbocycles. The summed E-state index contributed by atoms with van der Waals surface area (Å²) in [6, 6.07) is 13.5. The van der Waals surface area contributed by atoms with Crippen molar-refractivity contribution in [3.05, 3.63) is 59.9 Å². The fraction of sp³-hybridized carbons (Fsp3) is 0.409. The number of anilines is 1. The molecule has 6 heteroatoms. The van der Waals surface area contributed by atoms with Gasteiger partial charge in [-0.3, -0.25) is 9.78 Å². The third kappa shape index (κ3) is 3.72. The van der Waals surface area contributed by atoms with Crippen LogP contribution in [0.15, 0.2) is 48.7 Å². The van der Waals surface area contributed by atoms with Gasteiger partial charge in [0.2, 0.25) is 5.91 Å². The minimum atomic E-state index is -0.130. The van der Waals surface area contributed by atoms with Crippen molar-refractivity contribution in [1.29, 1.82) is 0 Å². The molecule has 0 radical (unpaired) electrons. The Bertz CT molecular complexity index is 855. The number of urea groups is 1. The van der Waals surface area contributed by atoms with Gasteiger partial charge in [-0.15, -0.1) is 0 Å². The molecule has 4 heterocycles. The lowest BCUT2D eigenvalue weighted by Gasteiger charge is -2.35. The topological polar surface area (TPSA) is 65.5 Å². The lowest BCUT2D eigenvalue weighted by atomic mass is 9.94. The highest BCUT2D eigenvalue weighted by Gasteiger charge is 2.42. The number of rotatable bonds is 4. The van der Waals surface area contributed by atoms with E-state index in [1.54, 1.807) is 6.20 Å². The standard InChI is InChI=1S/C22H26N4O2/c1-2-16-7-3-4-9-20(16)24-22(28)25-13-17-10-11-19(15-25)26(21(17)27)14-18-8-5-6-12-23-18/h3-9,12,17,19H,2,10-11,13-15H2,1H3,(H,24,28)/t17-,19+/m0/s1. The maximum Gasteiger partial charge on any atom is 0.321 e. The molecule has 3 saturated heterocycles. The molecule has 0 unspecified atom stereocenters. The first-order valence-corrected chi connectivity index (χ1v) is 10.00. The second kappa shape index (κ2) is 8.00. The van der Waals surface area contributed by atoms with E-state index in [0.29, 0.717) is 19.6 Å². The van der Waals surface area contributed by atoms with Crippen molar-refractivity contribution in [3.8, 4) is 0 Å². The number of para-hydroxylation sites is 1. The summed E-state index contributed by atoms with van der Waals surface area (Å²) in [4.78, 5) is 34.0. The summed E-state index contributed by atoms with van der Waals surface area (Å²) in [5.74, 6) is 0.0146. The summed E-state index contributed by atoms with van der Waals surface area (Å²) < 4.78 is 0. The number of fused-ring (bicyclic) bond motifs is 4. The molecule has 2 atom stereocenters. The molecule has 3 fully saturated rings. The van der Waals surface area contributed by atoms with Crippen LogP contribution in [0.4, 0.5) is 10.5 Å². The first-order chi connectivity index (χ1) is 13.7. The van der Waals surface area contributed by atoms with Gasteiger partial charge < -0.3 is 15.1 Å². The lowest BCUT2D eigenvalue weighted by molar-refractivity contribution is -0.140. The van der Waals surface area contributed by atoms with Crippen molar-refractivity contribution >= 4 is 17.6 Å². The largest absolute Gasteiger partial charge is 0.332 e. The molecule has 1 N–H and O–H groups in total. The highest BCUT2D eigenvalue weighted by atomic mass is 16.2. The number of nitrogens with one attached hydrogen (secondary N) is 1. The van der Waals surface area contributed by atoms with Crippen molar-refractivity contribution in [1.82, 2.24) is 14.8 Å². The predicted molar refractivity (Wildman–Crippen MR) is 108 cm³/mol. The van der Waals surface area contributed by atoms with Crippen LogP contribution in [0.1, 0.15) is 31.0 Å². The van der Waals surface area contributed by atoms with E-state index in [1.807, 2.05) is 52.3 Å². The molecule has 146 valence electrons. The number of carbonyl (C=O) groups excluding carboxylic acids is 2. The first-order valence-electron chi connectivity index (χ1n) is 10.00. The zero-order valence-electron chi connectivity index (χ0n) is 16.2. The first kappa shape index (κ1) is 18.5. The SMILES string of the molecule is CCc1ccccc1NC(=O)N1C[C@@H]2CC[C@H](C1)N(Cc1ccccn1)C2=O. The Morgan fingerprint density at radius 2 is 1.96 bits per heavy atom. The number of nitrogens with zero attached hydrogens (tertiary/aromatic N) is 3. The fourth-order valence-corrected chi connectivity index (χ4v) is 4.23. The summed E-state index contributed by atoms with van der Waals surface area (Å²) in [5.41, 5.74) is 2.85. The van der Waals surface area contributed by atoms with E-state index >= 15 is 0 Å². The van der Waals surface area contributed by atoms with Crippen molar-refractivity contribution in [2.24, 2.45) is 5.92 Å². The van der Waals surface area contributed by atoms with Crippen LogP contribution < -0.4 is 5.32 Å². The van der Waals surface area contributed by atoms with E-state index in [0.717, 1.165) is 36.2 Å².